The van der Waals surface area contributed by atoms with Crippen molar-refractivity contribution in [3.63, 3.8) is 0 Å². The average molecular weight is 277 g/mol. The number of aliphatic carboxylic acids is 1. The molecule has 5 nitrogen and oxygen atoms in total. The van der Waals surface area contributed by atoms with Gasteiger partial charge >= 0.3 is 5.97 Å². The molecule has 1 aliphatic heterocycles. The Labute approximate surface area is 120 Å². The number of carbonyl (C=O) groups is 1. The summed E-state index contributed by atoms with van der Waals surface area (Å²) in [4.78, 5) is 22.4. The van der Waals surface area contributed by atoms with E-state index in [1.807, 2.05) is 17.9 Å². The van der Waals surface area contributed by atoms with Gasteiger partial charge in [0.15, 0.2) is 0 Å². The maximum atomic E-state index is 11.8. The van der Waals surface area contributed by atoms with Gasteiger partial charge in [0.1, 0.15) is 17.7 Å². The van der Waals surface area contributed by atoms with Gasteiger partial charge in [-0.3, -0.25) is 0 Å². The number of hydrogen-bond acceptors (Lipinski definition) is 4. The summed E-state index contributed by atoms with van der Waals surface area (Å²) in [6.45, 7) is 6.93. The third-order valence-electron chi connectivity index (χ3n) is 4.09. The Morgan fingerprint density at radius 2 is 2.25 bits per heavy atom. The fraction of sp³-hybridized carbons (Fsp3) is 0.667. The molecule has 0 amide bonds. The first kappa shape index (κ1) is 14.8. The SMILES string of the molecule is CCCC1(C(=O)O)CCCN1c1cc(C(C)C)ncn1. The summed E-state index contributed by atoms with van der Waals surface area (Å²) in [5.41, 5.74) is 0.162. The lowest BCUT2D eigenvalue weighted by molar-refractivity contribution is -0.143. The lowest BCUT2D eigenvalue weighted by Gasteiger charge is -2.35. The van der Waals surface area contributed by atoms with Crippen molar-refractivity contribution in [2.75, 3.05) is 11.4 Å². The topological polar surface area (TPSA) is 66.3 Å². The molecule has 110 valence electrons. The number of aromatic nitrogens is 2. The molecule has 1 aliphatic rings. The number of hydrogen-bond donors (Lipinski definition) is 1. The fourth-order valence-electron chi connectivity index (χ4n) is 3.04. The Hall–Kier alpha value is -1.65. The Morgan fingerprint density at radius 3 is 2.85 bits per heavy atom. The molecule has 1 aromatic heterocycles. The van der Waals surface area contributed by atoms with Crippen molar-refractivity contribution in [1.82, 2.24) is 9.97 Å². The maximum Gasteiger partial charge on any atom is 0.329 e. The Morgan fingerprint density at radius 1 is 1.50 bits per heavy atom. The predicted molar refractivity (Wildman–Crippen MR) is 78.0 cm³/mol. The molecule has 0 aliphatic carbocycles. The van der Waals surface area contributed by atoms with Gasteiger partial charge < -0.3 is 10.0 Å². The Kier molecular flexibility index (Phi) is 4.26. The molecule has 2 rings (SSSR count). The van der Waals surface area contributed by atoms with Gasteiger partial charge in [0.05, 0.1) is 0 Å². The molecular weight excluding hydrogens is 254 g/mol. The van der Waals surface area contributed by atoms with Crippen molar-refractivity contribution in [2.45, 2.75) is 57.9 Å². The highest BCUT2D eigenvalue weighted by Crippen LogP contribution is 2.37. The van der Waals surface area contributed by atoms with E-state index in [0.717, 1.165) is 30.9 Å². The third-order valence-corrected chi connectivity index (χ3v) is 4.09. The molecule has 1 atom stereocenters. The van der Waals surface area contributed by atoms with Crippen molar-refractivity contribution in [3.8, 4) is 0 Å². The molecule has 1 saturated heterocycles. The van der Waals surface area contributed by atoms with E-state index in [0.29, 0.717) is 18.8 Å². The molecule has 0 spiro atoms. The standard InChI is InChI=1S/C15H23N3O2/c1-4-6-15(14(19)20)7-5-8-18(15)13-9-12(11(2)3)16-10-17-13/h9-11H,4-8H2,1-3H3,(H,19,20). The van der Waals surface area contributed by atoms with Crippen LogP contribution in [0.25, 0.3) is 0 Å². The van der Waals surface area contributed by atoms with E-state index >= 15 is 0 Å². The molecule has 1 unspecified atom stereocenters. The zero-order valence-corrected chi connectivity index (χ0v) is 12.5. The van der Waals surface area contributed by atoms with Crippen molar-refractivity contribution >= 4 is 11.8 Å². The summed E-state index contributed by atoms with van der Waals surface area (Å²) in [6.07, 6.45) is 4.64. The van der Waals surface area contributed by atoms with Gasteiger partial charge in [-0.2, -0.15) is 0 Å². The minimum atomic E-state index is -0.794. The molecule has 20 heavy (non-hydrogen) atoms. The lowest BCUT2D eigenvalue weighted by atomic mass is 9.90. The van der Waals surface area contributed by atoms with E-state index in [-0.39, 0.29) is 0 Å². The van der Waals surface area contributed by atoms with E-state index in [1.54, 1.807) is 6.33 Å². The molecule has 0 radical (unpaired) electrons. The molecule has 1 N–H and O–H groups in total. The molecule has 2 heterocycles. The summed E-state index contributed by atoms with van der Waals surface area (Å²) in [6, 6.07) is 1.93. The summed E-state index contributed by atoms with van der Waals surface area (Å²) >= 11 is 0. The Balaban J connectivity index is 2.39. The van der Waals surface area contributed by atoms with E-state index < -0.39 is 11.5 Å². The fourth-order valence-corrected chi connectivity index (χ4v) is 3.04. The van der Waals surface area contributed by atoms with Crippen LogP contribution in [0.5, 0.6) is 0 Å². The van der Waals surface area contributed by atoms with Crippen LogP contribution in [-0.2, 0) is 4.79 Å². The Bertz CT molecular complexity index is 490. The minimum Gasteiger partial charge on any atom is -0.479 e. The minimum absolute atomic E-state index is 0.310. The number of nitrogens with zero attached hydrogens (tertiary/aromatic N) is 3. The summed E-state index contributed by atoms with van der Waals surface area (Å²) < 4.78 is 0. The number of carboxylic acids is 1. The summed E-state index contributed by atoms with van der Waals surface area (Å²) in [5, 5.41) is 9.72. The molecule has 0 saturated carbocycles. The van der Waals surface area contributed by atoms with Crippen LogP contribution in [0.3, 0.4) is 0 Å². The average Bonchev–Trinajstić information content (AvgIpc) is 2.84. The zero-order valence-electron chi connectivity index (χ0n) is 12.5. The van der Waals surface area contributed by atoms with Crippen LogP contribution >= 0.6 is 0 Å². The van der Waals surface area contributed by atoms with Gasteiger partial charge in [0.25, 0.3) is 0 Å². The van der Waals surface area contributed by atoms with Crippen LogP contribution in [0.15, 0.2) is 12.4 Å². The first-order valence-electron chi connectivity index (χ1n) is 7.34. The quantitative estimate of drug-likeness (QED) is 0.896. The van der Waals surface area contributed by atoms with E-state index in [2.05, 4.69) is 23.8 Å². The number of rotatable bonds is 5. The molecule has 1 fully saturated rings. The first-order chi connectivity index (χ1) is 9.51. The maximum absolute atomic E-state index is 11.8. The van der Waals surface area contributed by atoms with Crippen LogP contribution in [0.1, 0.15) is 58.1 Å². The van der Waals surface area contributed by atoms with Crippen molar-refractivity contribution in [2.24, 2.45) is 0 Å². The second-order valence-electron chi connectivity index (χ2n) is 5.80. The van der Waals surface area contributed by atoms with Crippen molar-refractivity contribution < 1.29 is 9.90 Å². The van der Waals surface area contributed by atoms with Gasteiger partial charge in [0.2, 0.25) is 0 Å². The predicted octanol–water partition coefficient (Wildman–Crippen LogP) is 2.82. The van der Waals surface area contributed by atoms with Gasteiger partial charge in [-0.05, 0) is 25.2 Å². The number of anilines is 1. The number of carboxylic acid groups (broad SMARTS) is 1. The molecule has 0 aromatic carbocycles. The lowest BCUT2D eigenvalue weighted by Crippen LogP contribution is -2.51. The third kappa shape index (κ3) is 2.49. The summed E-state index contributed by atoms with van der Waals surface area (Å²) in [5.74, 6) is 0.323. The highest BCUT2D eigenvalue weighted by molar-refractivity contribution is 5.84. The highest BCUT2D eigenvalue weighted by Gasteiger charge is 2.47. The van der Waals surface area contributed by atoms with Gasteiger partial charge in [-0.15, -0.1) is 0 Å². The monoisotopic (exact) mass is 277 g/mol. The second-order valence-corrected chi connectivity index (χ2v) is 5.80. The van der Waals surface area contributed by atoms with Gasteiger partial charge in [-0.1, -0.05) is 27.2 Å². The van der Waals surface area contributed by atoms with Crippen LogP contribution in [-0.4, -0.2) is 33.1 Å². The van der Waals surface area contributed by atoms with E-state index in [9.17, 15) is 9.90 Å². The first-order valence-corrected chi connectivity index (χ1v) is 7.34. The largest absolute Gasteiger partial charge is 0.479 e. The van der Waals surface area contributed by atoms with Crippen molar-refractivity contribution in [1.29, 1.82) is 0 Å². The van der Waals surface area contributed by atoms with Crippen LogP contribution in [0.2, 0.25) is 0 Å². The van der Waals surface area contributed by atoms with Gasteiger partial charge in [-0.25, -0.2) is 14.8 Å². The summed E-state index contributed by atoms with van der Waals surface area (Å²) in [7, 11) is 0. The van der Waals surface area contributed by atoms with Crippen LogP contribution in [0.4, 0.5) is 5.82 Å². The van der Waals surface area contributed by atoms with Crippen molar-refractivity contribution in [3.05, 3.63) is 18.1 Å². The second kappa shape index (κ2) is 5.77. The van der Waals surface area contributed by atoms with E-state index in [4.69, 9.17) is 0 Å². The highest BCUT2D eigenvalue weighted by atomic mass is 16.4. The van der Waals surface area contributed by atoms with E-state index in [1.165, 1.54) is 0 Å². The molecule has 5 heteroatoms. The smallest absolute Gasteiger partial charge is 0.329 e. The normalized spacial score (nSPS) is 22.5. The van der Waals surface area contributed by atoms with Crippen LogP contribution in [0, 0.1) is 0 Å². The molecule has 1 aromatic rings. The van der Waals surface area contributed by atoms with Crippen LogP contribution < -0.4 is 4.90 Å². The molecular formula is C15H23N3O2. The molecule has 0 bridgehead atoms. The zero-order chi connectivity index (χ0) is 14.8. The van der Waals surface area contributed by atoms with Gasteiger partial charge in [0, 0.05) is 18.3 Å².